The van der Waals surface area contributed by atoms with Gasteiger partial charge < -0.3 is 14.9 Å². The first-order chi connectivity index (χ1) is 11.7. The van der Waals surface area contributed by atoms with Crippen LogP contribution in [0.4, 0.5) is 0 Å². The van der Waals surface area contributed by atoms with Gasteiger partial charge in [0.1, 0.15) is 0 Å². The number of aliphatic hydroxyl groups is 1. The van der Waals surface area contributed by atoms with Crippen molar-refractivity contribution in [2.45, 2.75) is 50.7 Å². The van der Waals surface area contributed by atoms with Gasteiger partial charge in [-0.25, -0.2) is 0 Å². The van der Waals surface area contributed by atoms with Gasteiger partial charge in [0.05, 0.1) is 7.11 Å². The van der Waals surface area contributed by atoms with E-state index >= 15 is 0 Å². The molecule has 0 aromatic heterocycles. The first-order valence-corrected chi connectivity index (χ1v) is 9.16. The van der Waals surface area contributed by atoms with Crippen molar-refractivity contribution in [2.75, 3.05) is 33.4 Å². The fourth-order valence-electron chi connectivity index (χ4n) is 4.29. The van der Waals surface area contributed by atoms with Crippen LogP contribution >= 0.6 is 0 Å². The zero-order valence-corrected chi connectivity index (χ0v) is 14.7. The minimum absolute atomic E-state index is 0.200. The Morgan fingerprint density at radius 2 is 2.00 bits per heavy atom. The number of phenolic OH excluding ortho intramolecular Hbond substituents is 1. The molecule has 1 atom stereocenters. The van der Waals surface area contributed by atoms with Crippen molar-refractivity contribution in [1.82, 2.24) is 9.80 Å². The maximum absolute atomic E-state index is 9.96. The summed E-state index contributed by atoms with van der Waals surface area (Å²) in [5, 5.41) is 19.4. The van der Waals surface area contributed by atoms with Gasteiger partial charge >= 0.3 is 0 Å². The van der Waals surface area contributed by atoms with Crippen LogP contribution in [0.25, 0.3) is 0 Å². The molecule has 0 bridgehead atoms. The molecule has 0 spiro atoms. The number of hydrogen-bond acceptors (Lipinski definition) is 5. The number of nitrogens with zero attached hydrogens (tertiary/aromatic N) is 2. The van der Waals surface area contributed by atoms with E-state index in [-0.39, 0.29) is 12.4 Å². The molecule has 1 saturated heterocycles. The molecular formula is C19H30N2O3. The number of aliphatic hydroxyl groups excluding tert-OH is 1. The molecule has 134 valence electrons. The summed E-state index contributed by atoms with van der Waals surface area (Å²) in [6, 6.07) is 6.80. The van der Waals surface area contributed by atoms with Crippen LogP contribution in [0.2, 0.25) is 0 Å². The zero-order chi connectivity index (χ0) is 16.9. The standard InChI is InChI=1S/C19H30N2O3/c1-24-19-7-6-15(12-18(19)23)13-20-9-10-21(16-4-2-3-5-16)17(14-20)8-11-22/h6-7,12,16-17,22-23H,2-5,8-11,13-14H2,1H3/t17-/m0/s1. The quantitative estimate of drug-likeness (QED) is 0.835. The third-order valence-electron chi connectivity index (χ3n) is 5.52. The highest BCUT2D eigenvalue weighted by atomic mass is 16.5. The van der Waals surface area contributed by atoms with Gasteiger partial charge in [0.2, 0.25) is 0 Å². The predicted octanol–water partition coefficient (Wildman–Crippen LogP) is 2.21. The zero-order valence-electron chi connectivity index (χ0n) is 14.7. The molecule has 0 unspecified atom stereocenters. The molecule has 1 aromatic rings. The third kappa shape index (κ3) is 4.02. The predicted molar refractivity (Wildman–Crippen MR) is 94.4 cm³/mol. The van der Waals surface area contributed by atoms with Crippen LogP contribution in [0.1, 0.15) is 37.7 Å². The fourth-order valence-corrected chi connectivity index (χ4v) is 4.29. The Labute approximate surface area is 144 Å². The van der Waals surface area contributed by atoms with E-state index in [4.69, 9.17) is 4.74 Å². The summed E-state index contributed by atoms with van der Waals surface area (Å²) in [6.45, 7) is 4.20. The SMILES string of the molecule is COc1ccc(CN2CCN(C3CCCC3)[C@@H](CCO)C2)cc1O. The van der Waals surface area contributed by atoms with Crippen LogP contribution in [0, 0.1) is 0 Å². The molecule has 1 heterocycles. The van der Waals surface area contributed by atoms with E-state index in [9.17, 15) is 10.2 Å². The summed E-state index contributed by atoms with van der Waals surface area (Å²) >= 11 is 0. The molecule has 5 heteroatoms. The van der Waals surface area contributed by atoms with Crippen LogP contribution in [-0.2, 0) is 6.54 Å². The summed E-state index contributed by atoms with van der Waals surface area (Å²) in [4.78, 5) is 5.08. The molecule has 2 fully saturated rings. The number of methoxy groups -OCH3 is 1. The Hall–Kier alpha value is -1.30. The lowest BCUT2D eigenvalue weighted by atomic mass is 10.0. The van der Waals surface area contributed by atoms with E-state index in [2.05, 4.69) is 9.80 Å². The third-order valence-corrected chi connectivity index (χ3v) is 5.52. The van der Waals surface area contributed by atoms with E-state index in [0.29, 0.717) is 17.8 Å². The Morgan fingerprint density at radius 3 is 2.67 bits per heavy atom. The van der Waals surface area contributed by atoms with Crippen LogP contribution in [0.15, 0.2) is 18.2 Å². The highest BCUT2D eigenvalue weighted by Crippen LogP contribution is 2.30. The summed E-state index contributed by atoms with van der Waals surface area (Å²) in [6.07, 6.45) is 6.17. The Morgan fingerprint density at radius 1 is 1.21 bits per heavy atom. The van der Waals surface area contributed by atoms with Gasteiger partial charge in [-0.15, -0.1) is 0 Å². The normalized spacial score (nSPS) is 23.7. The minimum Gasteiger partial charge on any atom is -0.504 e. The molecule has 1 aliphatic carbocycles. The molecule has 24 heavy (non-hydrogen) atoms. The molecular weight excluding hydrogens is 304 g/mol. The van der Waals surface area contributed by atoms with Crippen molar-refractivity contribution in [3.05, 3.63) is 23.8 Å². The monoisotopic (exact) mass is 334 g/mol. The molecule has 0 radical (unpaired) electrons. The van der Waals surface area contributed by atoms with Gasteiger partial charge in [0.15, 0.2) is 11.5 Å². The molecule has 2 aliphatic rings. The maximum Gasteiger partial charge on any atom is 0.160 e. The van der Waals surface area contributed by atoms with E-state index < -0.39 is 0 Å². The lowest BCUT2D eigenvalue weighted by Crippen LogP contribution is -2.55. The van der Waals surface area contributed by atoms with Crippen molar-refractivity contribution in [3.63, 3.8) is 0 Å². The average molecular weight is 334 g/mol. The van der Waals surface area contributed by atoms with Crippen LogP contribution in [-0.4, -0.2) is 65.4 Å². The van der Waals surface area contributed by atoms with E-state index in [1.807, 2.05) is 12.1 Å². The van der Waals surface area contributed by atoms with Crippen molar-refractivity contribution in [1.29, 1.82) is 0 Å². The number of hydrogen-bond donors (Lipinski definition) is 2. The van der Waals surface area contributed by atoms with Crippen molar-refractivity contribution in [2.24, 2.45) is 0 Å². The highest BCUT2D eigenvalue weighted by molar-refractivity contribution is 5.41. The summed E-state index contributed by atoms with van der Waals surface area (Å²) in [5.74, 6) is 0.717. The van der Waals surface area contributed by atoms with Crippen LogP contribution < -0.4 is 4.74 Å². The molecule has 5 nitrogen and oxygen atoms in total. The number of piperazine rings is 1. The lowest BCUT2D eigenvalue weighted by Gasteiger charge is -2.44. The molecule has 3 rings (SSSR count). The van der Waals surface area contributed by atoms with Gasteiger partial charge in [-0.3, -0.25) is 9.80 Å². The second-order valence-electron chi connectivity index (χ2n) is 7.08. The number of rotatable bonds is 6. The Balaban J connectivity index is 1.62. The topological polar surface area (TPSA) is 56.2 Å². The second-order valence-corrected chi connectivity index (χ2v) is 7.08. The van der Waals surface area contributed by atoms with E-state index in [1.54, 1.807) is 13.2 Å². The Bertz CT molecular complexity index is 531. The largest absolute Gasteiger partial charge is 0.504 e. The van der Waals surface area contributed by atoms with E-state index in [0.717, 1.165) is 38.2 Å². The summed E-state index contributed by atoms with van der Waals surface area (Å²) < 4.78 is 5.11. The fraction of sp³-hybridized carbons (Fsp3) is 0.684. The molecule has 2 N–H and O–H groups in total. The molecule has 1 aliphatic heterocycles. The summed E-state index contributed by atoms with van der Waals surface area (Å²) in [7, 11) is 1.57. The first kappa shape index (κ1) is 17.5. The highest BCUT2D eigenvalue weighted by Gasteiger charge is 2.32. The average Bonchev–Trinajstić information content (AvgIpc) is 3.10. The number of aromatic hydroxyl groups is 1. The number of ether oxygens (including phenoxy) is 1. The molecule has 1 saturated carbocycles. The second kappa shape index (κ2) is 8.19. The van der Waals surface area contributed by atoms with E-state index in [1.165, 1.54) is 25.7 Å². The Kier molecular flexibility index (Phi) is 5.98. The van der Waals surface area contributed by atoms with Gasteiger partial charge in [0, 0.05) is 44.9 Å². The smallest absolute Gasteiger partial charge is 0.160 e. The van der Waals surface area contributed by atoms with Gasteiger partial charge in [-0.1, -0.05) is 18.9 Å². The van der Waals surface area contributed by atoms with Crippen molar-refractivity contribution in [3.8, 4) is 11.5 Å². The number of benzene rings is 1. The van der Waals surface area contributed by atoms with Crippen LogP contribution in [0.3, 0.4) is 0 Å². The van der Waals surface area contributed by atoms with Gasteiger partial charge in [0.25, 0.3) is 0 Å². The summed E-state index contributed by atoms with van der Waals surface area (Å²) in [5.41, 5.74) is 1.10. The van der Waals surface area contributed by atoms with Crippen LogP contribution in [0.5, 0.6) is 11.5 Å². The van der Waals surface area contributed by atoms with Gasteiger partial charge in [-0.2, -0.15) is 0 Å². The minimum atomic E-state index is 0.200. The maximum atomic E-state index is 9.96. The molecule has 0 amide bonds. The lowest BCUT2D eigenvalue weighted by molar-refractivity contribution is 0.0267. The number of phenols is 1. The van der Waals surface area contributed by atoms with Crippen molar-refractivity contribution >= 4 is 0 Å². The molecule has 1 aromatic carbocycles. The first-order valence-electron chi connectivity index (χ1n) is 9.16. The van der Waals surface area contributed by atoms with Gasteiger partial charge in [-0.05, 0) is 37.0 Å². The van der Waals surface area contributed by atoms with Crippen molar-refractivity contribution < 1.29 is 14.9 Å².